The number of hydrogen-bond donors (Lipinski definition) is 0. The number of nitrogens with zero attached hydrogens (tertiary/aromatic N) is 3. The van der Waals surface area contributed by atoms with Crippen LogP contribution >= 0.6 is 7.75 Å². The third-order valence-corrected chi connectivity index (χ3v) is 6.44. The van der Waals surface area contributed by atoms with Gasteiger partial charge in [-0.2, -0.15) is 0 Å². The van der Waals surface area contributed by atoms with Crippen molar-refractivity contribution in [2.75, 3.05) is 0 Å². The highest BCUT2D eigenvalue weighted by atomic mass is 31.2. The fraction of sp³-hybridized carbons (Fsp3) is 0.269. The van der Waals surface area contributed by atoms with Crippen molar-refractivity contribution in [3.63, 3.8) is 0 Å². The number of benzene rings is 3. The molecule has 0 aliphatic heterocycles. The van der Waals surface area contributed by atoms with E-state index < -0.39 is 12.7 Å². The lowest BCUT2D eigenvalue weighted by molar-refractivity contribution is -0.384. The first-order valence-corrected chi connectivity index (χ1v) is 12.9. The highest BCUT2D eigenvalue weighted by Crippen LogP contribution is 2.50. The second kappa shape index (κ2) is 11.7. The quantitative estimate of drug-likeness (QED) is 0.0996. The van der Waals surface area contributed by atoms with Crippen LogP contribution in [0.4, 0.5) is 5.69 Å². The second-order valence-corrected chi connectivity index (χ2v) is 9.99. The molecule has 0 unspecified atom stereocenters. The van der Waals surface area contributed by atoms with Gasteiger partial charge < -0.3 is 13.9 Å². The molecule has 0 bridgehead atoms. The van der Waals surface area contributed by atoms with Crippen molar-refractivity contribution in [3.8, 4) is 11.5 Å². The van der Waals surface area contributed by atoms with Crippen molar-refractivity contribution in [2.45, 2.75) is 46.2 Å². The maximum atomic E-state index is 14.1. The fourth-order valence-corrected chi connectivity index (χ4v) is 5.07. The number of para-hydroxylation sites is 2. The molecule has 184 valence electrons. The minimum Gasteiger partial charge on any atom is -0.399 e. The van der Waals surface area contributed by atoms with Crippen LogP contribution < -0.4 is 9.05 Å². The van der Waals surface area contributed by atoms with Crippen LogP contribution in [0.1, 0.15) is 33.3 Å². The van der Waals surface area contributed by atoms with E-state index in [-0.39, 0.29) is 24.2 Å². The van der Waals surface area contributed by atoms with Gasteiger partial charge in [0.05, 0.1) is 4.92 Å². The molecule has 0 saturated heterocycles. The number of rotatable bonds is 10. The topological polar surface area (TPSA) is 94.3 Å². The summed E-state index contributed by atoms with van der Waals surface area (Å²) in [7, 11) is -4.08. The Hall–Kier alpha value is -3.64. The van der Waals surface area contributed by atoms with Gasteiger partial charge in [-0.05, 0) is 57.5 Å². The van der Waals surface area contributed by atoms with Crippen molar-refractivity contribution >= 4 is 19.3 Å². The van der Waals surface area contributed by atoms with Gasteiger partial charge in [0.25, 0.3) is 5.69 Å². The third-order valence-electron chi connectivity index (χ3n) is 5.09. The summed E-state index contributed by atoms with van der Waals surface area (Å²) in [5, 5.41) is 11.1. The van der Waals surface area contributed by atoms with Gasteiger partial charge in [-0.25, -0.2) is 4.57 Å². The summed E-state index contributed by atoms with van der Waals surface area (Å²) in [5.41, 5.74) is 0.786. The Morgan fingerprint density at radius 2 is 1.31 bits per heavy atom. The van der Waals surface area contributed by atoms with Gasteiger partial charge in [-0.15, -0.1) is 4.76 Å². The van der Waals surface area contributed by atoms with Crippen molar-refractivity contribution in [1.82, 2.24) is 4.90 Å². The van der Waals surface area contributed by atoms with Crippen LogP contribution in [0.15, 0.2) is 89.7 Å². The van der Waals surface area contributed by atoms with Gasteiger partial charge in [-0.3, -0.25) is 10.1 Å². The predicted octanol–water partition coefficient (Wildman–Crippen LogP) is 6.92. The zero-order valence-electron chi connectivity index (χ0n) is 20.3. The minimum atomic E-state index is -4.08. The first-order chi connectivity index (χ1) is 16.7. The zero-order chi connectivity index (χ0) is 25.4. The molecule has 0 spiro atoms. The average Bonchev–Trinajstić information content (AvgIpc) is 2.80. The molecule has 0 radical (unpaired) electrons. The van der Waals surface area contributed by atoms with Crippen molar-refractivity contribution in [1.29, 1.82) is 0 Å². The molecule has 3 aromatic rings. The summed E-state index contributed by atoms with van der Waals surface area (Å²) in [6, 6.07) is 23.8. The van der Waals surface area contributed by atoms with Gasteiger partial charge in [0.15, 0.2) is 0 Å². The molecule has 0 aliphatic carbocycles. The first-order valence-electron chi connectivity index (χ1n) is 11.4. The van der Waals surface area contributed by atoms with E-state index in [1.54, 1.807) is 60.7 Å². The van der Waals surface area contributed by atoms with Crippen molar-refractivity contribution < 1.29 is 18.5 Å². The summed E-state index contributed by atoms with van der Waals surface area (Å²) in [4.78, 5) is 12.7. The fourth-order valence-electron chi connectivity index (χ4n) is 3.72. The highest BCUT2D eigenvalue weighted by molar-refractivity contribution is 7.53. The van der Waals surface area contributed by atoms with E-state index in [0.29, 0.717) is 17.3 Å². The molecular weight excluding hydrogens is 465 g/mol. The lowest BCUT2D eigenvalue weighted by Crippen LogP contribution is -2.43. The van der Waals surface area contributed by atoms with E-state index in [1.165, 1.54) is 12.1 Å². The van der Waals surface area contributed by atoms with Crippen LogP contribution in [0.2, 0.25) is 0 Å². The van der Waals surface area contributed by atoms with Crippen LogP contribution in [-0.4, -0.2) is 27.7 Å². The predicted molar refractivity (Wildman–Crippen MR) is 138 cm³/mol. The average molecular weight is 496 g/mol. The van der Waals surface area contributed by atoms with Crippen molar-refractivity contribution in [3.05, 3.63) is 101 Å². The summed E-state index contributed by atoms with van der Waals surface area (Å²) in [6.45, 7) is 8.08. The Balaban J connectivity index is 2.07. The SMILES string of the molecule is CC(C)N(C(Cc1ccc([N+](=O)[O-])cc1)=NP(=O)(Oc1ccccc1)Oc1ccccc1)C(C)C. The van der Waals surface area contributed by atoms with E-state index in [9.17, 15) is 14.7 Å². The number of hydrogen-bond acceptors (Lipinski definition) is 5. The first kappa shape index (κ1) is 26.0. The maximum absolute atomic E-state index is 14.1. The number of nitro groups is 1. The van der Waals surface area contributed by atoms with Crippen LogP contribution in [0.3, 0.4) is 0 Å². The van der Waals surface area contributed by atoms with Crippen molar-refractivity contribution in [2.24, 2.45) is 4.76 Å². The maximum Gasteiger partial charge on any atom is 0.564 e. The lowest BCUT2D eigenvalue weighted by Gasteiger charge is -2.34. The molecule has 3 rings (SSSR count). The molecule has 8 nitrogen and oxygen atoms in total. The molecule has 0 N–H and O–H groups in total. The molecule has 3 aromatic carbocycles. The monoisotopic (exact) mass is 495 g/mol. The van der Waals surface area contributed by atoms with Gasteiger partial charge in [0.2, 0.25) is 0 Å². The van der Waals surface area contributed by atoms with E-state index in [2.05, 4.69) is 4.76 Å². The summed E-state index contributed by atoms with van der Waals surface area (Å²) >= 11 is 0. The molecule has 0 amide bonds. The molecule has 0 fully saturated rings. The molecule has 0 saturated carbocycles. The van der Waals surface area contributed by atoms with E-state index in [4.69, 9.17) is 9.05 Å². The molecule has 9 heteroatoms. The molecule has 0 aromatic heterocycles. The Morgan fingerprint density at radius 1 is 0.857 bits per heavy atom. The highest BCUT2D eigenvalue weighted by Gasteiger charge is 2.32. The molecular formula is C26H30N3O5P. The summed E-state index contributed by atoms with van der Waals surface area (Å²) < 4.78 is 30.4. The smallest absolute Gasteiger partial charge is 0.399 e. The normalized spacial score (nSPS) is 12.0. The molecule has 0 aliphatic rings. The second-order valence-electron chi connectivity index (χ2n) is 8.49. The standard InChI is InChI=1S/C26H30N3O5P/c1-20(2)28(21(3)4)26(19-22-15-17-23(18-16-22)29(30)31)27-35(32,33-24-11-7-5-8-12-24)34-25-13-9-6-10-14-25/h5-18,20-21H,19H2,1-4H3. The summed E-state index contributed by atoms with van der Waals surface area (Å²) in [6.07, 6.45) is 0.286. The van der Waals surface area contributed by atoms with Gasteiger partial charge in [0, 0.05) is 30.6 Å². The van der Waals surface area contributed by atoms with E-state index in [0.717, 1.165) is 5.56 Å². The Bertz CT molecular complexity index is 1130. The molecule has 35 heavy (non-hydrogen) atoms. The zero-order valence-corrected chi connectivity index (χ0v) is 21.2. The van der Waals surface area contributed by atoms with Crippen LogP contribution in [0.25, 0.3) is 0 Å². The largest absolute Gasteiger partial charge is 0.564 e. The Kier molecular flexibility index (Phi) is 8.66. The minimum absolute atomic E-state index is 0.00214. The van der Waals surface area contributed by atoms with Gasteiger partial charge >= 0.3 is 7.75 Å². The summed E-state index contributed by atoms with van der Waals surface area (Å²) in [5.74, 6) is 1.23. The number of non-ortho nitro benzene ring substituents is 1. The van der Waals surface area contributed by atoms with Gasteiger partial charge in [-0.1, -0.05) is 48.5 Å². The third kappa shape index (κ3) is 7.42. The van der Waals surface area contributed by atoms with E-state index in [1.807, 2.05) is 44.7 Å². The Morgan fingerprint density at radius 3 is 1.71 bits per heavy atom. The lowest BCUT2D eigenvalue weighted by atomic mass is 10.1. The number of amidine groups is 1. The molecule has 0 heterocycles. The van der Waals surface area contributed by atoms with Crippen LogP contribution in [0.5, 0.6) is 11.5 Å². The molecule has 0 atom stereocenters. The Labute approximate surface area is 206 Å². The van der Waals surface area contributed by atoms with Crippen LogP contribution in [0, 0.1) is 10.1 Å². The van der Waals surface area contributed by atoms with Crippen LogP contribution in [-0.2, 0) is 11.0 Å². The van der Waals surface area contributed by atoms with Gasteiger partial charge in [0.1, 0.15) is 17.3 Å². The number of nitro benzene ring substituents is 1. The van der Waals surface area contributed by atoms with E-state index >= 15 is 0 Å².